The summed E-state index contributed by atoms with van der Waals surface area (Å²) in [7, 11) is 0. The van der Waals surface area contributed by atoms with Crippen LogP contribution in [0, 0.1) is 19.8 Å². The van der Waals surface area contributed by atoms with Crippen LogP contribution in [0.4, 0.5) is 4.79 Å². The minimum atomic E-state index is -0.512. The molecule has 1 saturated heterocycles. The van der Waals surface area contributed by atoms with Gasteiger partial charge in [0.1, 0.15) is 5.60 Å². The Labute approximate surface area is 170 Å². The van der Waals surface area contributed by atoms with E-state index in [1.54, 1.807) is 4.90 Å². The summed E-state index contributed by atoms with van der Waals surface area (Å²) in [5.74, 6) is 0.350. The third-order valence-electron chi connectivity index (χ3n) is 4.98. The van der Waals surface area contributed by atoms with E-state index in [2.05, 4.69) is 6.07 Å². The van der Waals surface area contributed by atoms with E-state index in [-0.39, 0.29) is 24.0 Å². The summed E-state index contributed by atoms with van der Waals surface area (Å²) in [6, 6.07) is 6.05. The lowest BCUT2D eigenvalue weighted by molar-refractivity contribution is 0.0124. The first-order valence-corrected chi connectivity index (χ1v) is 10.3. The number of hydrogen-bond acceptors (Lipinski definition) is 3. The number of piperidine rings is 1. The molecule has 1 atom stereocenters. The Morgan fingerprint density at radius 1 is 1.18 bits per heavy atom. The van der Waals surface area contributed by atoms with Gasteiger partial charge < -0.3 is 14.5 Å². The van der Waals surface area contributed by atoms with Crippen molar-refractivity contribution >= 4 is 12.0 Å². The van der Waals surface area contributed by atoms with Crippen LogP contribution in [0.15, 0.2) is 18.2 Å². The highest BCUT2D eigenvalue weighted by Crippen LogP contribution is 2.22. The molecule has 0 radical (unpaired) electrons. The monoisotopic (exact) mass is 388 g/mol. The number of carbonyl (C=O) groups is 2. The SMILES string of the molecule is Cc1cc(C)cc(C(=O)N2CCCC(CN(C(=O)OC(C)(C)C)C(C)C)C2)c1. The third-order valence-corrected chi connectivity index (χ3v) is 4.98. The lowest BCUT2D eigenvalue weighted by atomic mass is 9.96. The van der Waals surface area contributed by atoms with Crippen molar-refractivity contribution in [1.29, 1.82) is 0 Å². The van der Waals surface area contributed by atoms with Crippen LogP contribution >= 0.6 is 0 Å². The predicted octanol–water partition coefficient (Wildman–Crippen LogP) is 4.80. The van der Waals surface area contributed by atoms with E-state index in [4.69, 9.17) is 4.74 Å². The molecule has 5 nitrogen and oxygen atoms in total. The van der Waals surface area contributed by atoms with Crippen molar-refractivity contribution in [2.24, 2.45) is 5.92 Å². The number of ether oxygens (including phenoxy) is 1. The van der Waals surface area contributed by atoms with Gasteiger partial charge in [-0.3, -0.25) is 4.79 Å². The van der Waals surface area contributed by atoms with E-state index < -0.39 is 5.60 Å². The number of rotatable bonds is 4. The summed E-state index contributed by atoms with van der Waals surface area (Å²) >= 11 is 0. The van der Waals surface area contributed by atoms with Crippen LogP contribution in [0.2, 0.25) is 0 Å². The Bertz CT molecular complexity index is 686. The fraction of sp³-hybridized carbons (Fsp3) is 0.652. The van der Waals surface area contributed by atoms with Crippen molar-refractivity contribution in [2.75, 3.05) is 19.6 Å². The number of benzene rings is 1. The number of nitrogens with zero attached hydrogens (tertiary/aromatic N) is 2. The summed E-state index contributed by atoms with van der Waals surface area (Å²) in [5, 5.41) is 0. The Hall–Kier alpha value is -2.04. The topological polar surface area (TPSA) is 49.9 Å². The molecule has 0 spiro atoms. The molecule has 0 saturated carbocycles. The zero-order chi connectivity index (χ0) is 21.1. The number of hydrogen-bond donors (Lipinski definition) is 0. The Balaban J connectivity index is 2.06. The van der Waals surface area contributed by atoms with Crippen LogP contribution in [0.5, 0.6) is 0 Å². The van der Waals surface area contributed by atoms with E-state index in [9.17, 15) is 9.59 Å². The molecule has 1 aliphatic rings. The molecule has 1 aromatic carbocycles. The summed E-state index contributed by atoms with van der Waals surface area (Å²) in [6.45, 7) is 15.8. The summed E-state index contributed by atoms with van der Waals surface area (Å²) in [4.78, 5) is 29.4. The highest BCUT2D eigenvalue weighted by Gasteiger charge is 2.30. The lowest BCUT2D eigenvalue weighted by Gasteiger charge is -2.37. The molecule has 1 unspecified atom stereocenters. The van der Waals surface area contributed by atoms with Gasteiger partial charge in [-0.15, -0.1) is 0 Å². The minimum Gasteiger partial charge on any atom is -0.444 e. The second kappa shape index (κ2) is 8.97. The van der Waals surface area contributed by atoms with Crippen LogP contribution in [-0.2, 0) is 4.74 Å². The zero-order valence-electron chi connectivity index (χ0n) is 18.5. The van der Waals surface area contributed by atoms with Crippen LogP contribution in [0.1, 0.15) is 68.9 Å². The van der Waals surface area contributed by atoms with Crippen molar-refractivity contribution in [2.45, 2.75) is 73.0 Å². The van der Waals surface area contributed by atoms with Gasteiger partial charge in [0.05, 0.1) is 0 Å². The van der Waals surface area contributed by atoms with E-state index >= 15 is 0 Å². The molecule has 2 amide bonds. The van der Waals surface area contributed by atoms with Gasteiger partial charge in [0.2, 0.25) is 0 Å². The summed E-state index contributed by atoms with van der Waals surface area (Å²) in [6.07, 6.45) is 1.70. The largest absolute Gasteiger partial charge is 0.444 e. The molecule has 0 N–H and O–H groups in total. The highest BCUT2D eigenvalue weighted by molar-refractivity contribution is 5.94. The second-order valence-corrected chi connectivity index (χ2v) is 9.36. The molecule has 5 heteroatoms. The maximum absolute atomic E-state index is 13.0. The standard InChI is InChI=1S/C23H36N2O3/c1-16(2)25(22(27)28-23(5,6)7)15-19-9-8-10-24(14-19)21(26)20-12-17(3)11-18(4)13-20/h11-13,16,19H,8-10,14-15H2,1-7H3. The fourth-order valence-corrected chi connectivity index (χ4v) is 3.77. The Kier molecular flexibility index (Phi) is 7.13. The number of aryl methyl sites for hydroxylation is 2. The Morgan fingerprint density at radius 2 is 1.79 bits per heavy atom. The van der Waals surface area contributed by atoms with E-state index in [1.165, 1.54) is 0 Å². The van der Waals surface area contributed by atoms with E-state index in [0.29, 0.717) is 13.1 Å². The quantitative estimate of drug-likeness (QED) is 0.744. The molecule has 1 heterocycles. The van der Waals surface area contributed by atoms with Gasteiger partial charge in [0.25, 0.3) is 5.91 Å². The molecule has 0 aromatic heterocycles. The van der Waals surface area contributed by atoms with Crippen LogP contribution in [0.3, 0.4) is 0 Å². The van der Waals surface area contributed by atoms with Gasteiger partial charge in [0, 0.05) is 31.2 Å². The first kappa shape index (κ1) is 22.3. The maximum atomic E-state index is 13.0. The molecule has 28 heavy (non-hydrogen) atoms. The molecular formula is C23H36N2O3. The van der Waals surface area contributed by atoms with E-state index in [0.717, 1.165) is 36.1 Å². The van der Waals surface area contributed by atoms with Crippen LogP contribution in [0.25, 0.3) is 0 Å². The van der Waals surface area contributed by atoms with Gasteiger partial charge in [0.15, 0.2) is 0 Å². The highest BCUT2D eigenvalue weighted by atomic mass is 16.6. The van der Waals surface area contributed by atoms with Gasteiger partial charge in [-0.25, -0.2) is 4.79 Å². The smallest absolute Gasteiger partial charge is 0.410 e. The lowest BCUT2D eigenvalue weighted by Crippen LogP contribution is -2.48. The predicted molar refractivity (Wildman–Crippen MR) is 113 cm³/mol. The van der Waals surface area contributed by atoms with Gasteiger partial charge in [-0.05, 0) is 79.4 Å². The number of likely N-dealkylation sites (tertiary alicyclic amines) is 1. The molecular weight excluding hydrogens is 352 g/mol. The molecule has 1 aliphatic heterocycles. The maximum Gasteiger partial charge on any atom is 0.410 e. The first-order chi connectivity index (χ1) is 13.0. The molecule has 0 aliphatic carbocycles. The second-order valence-electron chi connectivity index (χ2n) is 9.36. The summed E-state index contributed by atoms with van der Waals surface area (Å²) < 4.78 is 5.58. The molecule has 1 aromatic rings. The zero-order valence-corrected chi connectivity index (χ0v) is 18.5. The normalized spacial score (nSPS) is 17.6. The minimum absolute atomic E-state index is 0.0559. The fourth-order valence-electron chi connectivity index (χ4n) is 3.77. The number of amides is 2. The average molecular weight is 389 g/mol. The van der Waals surface area contributed by atoms with Gasteiger partial charge >= 0.3 is 6.09 Å². The molecule has 0 bridgehead atoms. The number of carbonyl (C=O) groups excluding carboxylic acids is 2. The van der Waals surface area contributed by atoms with Crippen molar-refractivity contribution in [3.05, 3.63) is 34.9 Å². The Morgan fingerprint density at radius 3 is 2.32 bits per heavy atom. The van der Waals surface area contributed by atoms with Crippen LogP contribution < -0.4 is 0 Å². The van der Waals surface area contributed by atoms with Crippen molar-refractivity contribution in [3.63, 3.8) is 0 Å². The first-order valence-electron chi connectivity index (χ1n) is 10.3. The van der Waals surface area contributed by atoms with E-state index in [1.807, 2.05) is 65.5 Å². The van der Waals surface area contributed by atoms with Crippen molar-refractivity contribution in [3.8, 4) is 0 Å². The summed E-state index contributed by atoms with van der Waals surface area (Å²) in [5.41, 5.74) is 2.45. The van der Waals surface area contributed by atoms with Crippen LogP contribution in [-0.4, -0.2) is 53.1 Å². The van der Waals surface area contributed by atoms with Crippen molar-refractivity contribution < 1.29 is 14.3 Å². The average Bonchev–Trinajstić information content (AvgIpc) is 2.56. The molecule has 2 rings (SSSR count). The van der Waals surface area contributed by atoms with Gasteiger partial charge in [-0.2, -0.15) is 0 Å². The van der Waals surface area contributed by atoms with Crippen molar-refractivity contribution in [1.82, 2.24) is 9.80 Å². The molecule has 156 valence electrons. The van der Waals surface area contributed by atoms with Gasteiger partial charge in [-0.1, -0.05) is 17.2 Å². The molecule has 1 fully saturated rings. The third kappa shape index (κ3) is 6.25.